The van der Waals surface area contributed by atoms with Gasteiger partial charge in [0.1, 0.15) is 5.01 Å². The maximum atomic E-state index is 13.5. The first-order valence-corrected chi connectivity index (χ1v) is 7.73. The number of hydrogen-bond acceptors (Lipinski definition) is 4. The monoisotopic (exact) mass is 307 g/mol. The maximum absolute atomic E-state index is 13.5. The van der Waals surface area contributed by atoms with Crippen LogP contribution in [-0.4, -0.2) is 17.2 Å². The lowest BCUT2D eigenvalue weighted by molar-refractivity contribution is 0.102. The normalized spacial score (nSPS) is 20.1. The van der Waals surface area contributed by atoms with E-state index in [2.05, 4.69) is 18.8 Å². The second-order valence-corrected chi connectivity index (χ2v) is 7.27. The van der Waals surface area contributed by atoms with Crippen molar-refractivity contribution in [2.24, 2.45) is 5.41 Å². The highest BCUT2D eigenvalue weighted by molar-refractivity contribution is 7.15. The van der Waals surface area contributed by atoms with Gasteiger partial charge in [-0.2, -0.15) is 0 Å². The summed E-state index contributed by atoms with van der Waals surface area (Å²) in [5.74, 6) is -0.176. The van der Waals surface area contributed by atoms with Gasteiger partial charge >= 0.3 is 0 Å². The van der Waals surface area contributed by atoms with Crippen LogP contribution in [0.1, 0.15) is 36.9 Å². The number of thiazole rings is 1. The van der Waals surface area contributed by atoms with Gasteiger partial charge in [0.05, 0.1) is 23.8 Å². The highest BCUT2D eigenvalue weighted by atomic mass is 32.1. The highest BCUT2D eigenvalue weighted by Gasteiger charge is 2.34. The molecule has 2 aromatic rings. The van der Waals surface area contributed by atoms with Crippen molar-refractivity contribution in [2.45, 2.75) is 32.8 Å². The molecule has 0 aliphatic heterocycles. The summed E-state index contributed by atoms with van der Waals surface area (Å²) in [5, 5.41) is 11.1. The summed E-state index contributed by atoms with van der Waals surface area (Å²) in [6.07, 6.45) is 1.14. The summed E-state index contributed by atoms with van der Waals surface area (Å²) < 4.78 is 18.5. The van der Waals surface area contributed by atoms with Gasteiger partial charge in [-0.1, -0.05) is 13.8 Å². The number of methoxy groups -OCH3 is 1. The Morgan fingerprint density at radius 1 is 1.43 bits per heavy atom. The molecular formula is C16H18FNO2S. The second-order valence-electron chi connectivity index (χ2n) is 6.24. The predicted molar refractivity (Wildman–Crippen MR) is 81.1 cm³/mol. The van der Waals surface area contributed by atoms with E-state index >= 15 is 0 Å². The smallest absolute Gasteiger partial charge is 0.165 e. The molecule has 3 nitrogen and oxygen atoms in total. The SMILES string of the molecule is COc1cc(-c2nc3c(s2)C(O)CC(C)(C)C3)ccc1F. The first-order chi connectivity index (χ1) is 9.89. The van der Waals surface area contributed by atoms with E-state index in [1.165, 1.54) is 24.5 Å². The van der Waals surface area contributed by atoms with Crippen molar-refractivity contribution in [2.75, 3.05) is 7.11 Å². The van der Waals surface area contributed by atoms with Gasteiger partial charge in [-0.25, -0.2) is 9.37 Å². The van der Waals surface area contributed by atoms with Gasteiger partial charge in [0.2, 0.25) is 0 Å². The quantitative estimate of drug-likeness (QED) is 0.913. The number of hydrogen-bond donors (Lipinski definition) is 1. The molecule has 0 radical (unpaired) electrons. The van der Waals surface area contributed by atoms with E-state index in [-0.39, 0.29) is 17.0 Å². The summed E-state index contributed by atoms with van der Waals surface area (Å²) >= 11 is 1.48. The molecule has 1 aromatic carbocycles. The number of benzene rings is 1. The second kappa shape index (κ2) is 5.07. The van der Waals surface area contributed by atoms with Gasteiger partial charge in [-0.05, 0) is 36.5 Å². The number of rotatable bonds is 2. The van der Waals surface area contributed by atoms with Gasteiger partial charge in [0, 0.05) is 5.56 Å². The molecule has 1 aliphatic rings. The first kappa shape index (κ1) is 14.5. The van der Waals surface area contributed by atoms with Crippen molar-refractivity contribution >= 4 is 11.3 Å². The zero-order valence-corrected chi connectivity index (χ0v) is 13.1. The molecule has 0 bridgehead atoms. The Morgan fingerprint density at radius 2 is 2.19 bits per heavy atom. The van der Waals surface area contributed by atoms with Crippen LogP contribution in [-0.2, 0) is 6.42 Å². The fourth-order valence-electron chi connectivity index (χ4n) is 2.81. The largest absolute Gasteiger partial charge is 0.494 e. The molecule has 112 valence electrons. The van der Waals surface area contributed by atoms with Gasteiger partial charge in [-0.15, -0.1) is 11.3 Å². The van der Waals surface area contributed by atoms with Gasteiger partial charge in [0.25, 0.3) is 0 Å². The molecule has 0 amide bonds. The minimum Gasteiger partial charge on any atom is -0.494 e. The Hall–Kier alpha value is -1.46. The fraction of sp³-hybridized carbons (Fsp3) is 0.438. The lowest BCUT2D eigenvalue weighted by Crippen LogP contribution is -2.24. The Morgan fingerprint density at radius 3 is 2.90 bits per heavy atom. The lowest BCUT2D eigenvalue weighted by atomic mass is 9.77. The van der Waals surface area contributed by atoms with E-state index in [4.69, 9.17) is 4.74 Å². The number of aliphatic hydroxyl groups is 1. The maximum Gasteiger partial charge on any atom is 0.165 e. The van der Waals surface area contributed by atoms with E-state index in [9.17, 15) is 9.50 Å². The number of ether oxygens (including phenoxy) is 1. The minimum atomic E-state index is -0.461. The third-order valence-electron chi connectivity index (χ3n) is 3.82. The summed E-state index contributed by atoms with van der Waals surface area (Å²) in [7, 11) is 1.45. The number of fused-ring (bicyclic) bond motifs is 1. The highest BCUT2D eigenvalue weighted by Crippen LogP contribution is 2.44. The number of aromatic nitrogens is 1. The van der Waals surface area contributed by atoms with E-state index in [1.54, 1.807) is 12.1 Å². The number of nitrogens with zero attached hydrogens (tertiary/aromatic N) is 1. The van der Waals surface area contributed by atoms with Crippen LogP contribution < -0.4 is 4.74 Å². The summed E-state index contributed by atoms with van der Waals surface area (Å²) in [6, 6.07) is 4.73. The topological polar surface area (TPSA) is 42.4 Å². The van der Waals surface area contributed by atoms with Gasteiger partial charge in [0.15, 0.2) is 11.6 Å². The van der Waals surface area contributed by atoms with Gasteiger partial charge < -0.3 is 9.84 Å². The molecule has 0 saturated carbocycles. The van der Waals surface area contributed by atoms with Gasteiger partial charge in [-0.3, -0.25) is 0 Å². The Bertz CT molecular complexity index is 681. The van der Waals surface area contributed by atoms with Crippen molar-refractivity contribution in [3.63, 3.8) is 0 Å². The van der Waals surface area contributed by atoms with Crippen LogP contribution >= 0.6 is 11.3 Å². The average molecular weight is 307 g/mol. The van der Waals surface area contributed by atoms with E-state index in [1.807, 2.05) is 0 Å². The molecular weight excluding hydrogens is 289 g/mol. The zero-order valence-electron chi connectivity index (χ0n) is 12.3. The first-order valence-electron chi connectivity index (χ1n) is 6.91. The van der Waals surface area contributed by atoms with Crippen LogP contribution in [0.5, 0.6) is 5.75 Å². The summed E-state index contributed by atoms with van der Waals surface area (Å²) in [4.78, 5) is 5.59. The molecule has 5 heteroatoms. The average Bonchev–Trinajstić information content (AvgIpc) is 2.82. The fourth-order valence-corrected chi connectivity index (χ4v) is 3.87. The Kier molecular flexibility index (Phi) is 3.50. The number of halogens is 1. The van der Waals surface area contributed by atoms with Crippen LogP contribution in [0, 0.1) is 11.2 Å². The third kappa shape index (κ3) is 2.68. The lowest BCUT2D eigenvalue weighted by Gasteiger charge is -2.31. The van der Waals surface area contributed by atoms with E-state index in [0.717, 1.165) is 34.0 Å². The van der Waals surface area contributed by atoms with Crippen molar-refractivity contribution in [3.05, 3.63) is 34.6 Å². The molecule has 0 fully saturated rings. The predicted octanol–water partition coefficient (Wildman–Crippen LogP) is 3.96. The Labute approximate surface area is 127 Å². The van der Waals surface area contributed by atoms with Crippen molar-refractivity contribution < 1.29 is 14.2 Å². The zero-order chi connectivity index (χ0) is 15.2. The molecule has 0 saturated heterocycles. The molecule has 1 atom stereocenters. The molecule has 3 rings (SSSR count). The molecule has 21 heavy (non-hydrogen) atoms. The molecule has 0 spiro atoms. The molecule has 1 aliphatic carbocycles. The van der Waals surface area contributed by atoms with Crippen molar-refractivity contribution in [3.8, 4) is 16.3 Å². The summed E-state index contributed by atoms with van der Waals surface area (Å²) in [5.41, 5.74) is 1.83. The van der Waals surface area contributed by atoms with Crippen molar-refractivity contribution in [1.29, 1.82) is 0 Å². The third-order valence-corrected chi connectivity index (χ3v) is 5.07. The van der Waals surface area contributed by atoms with E-state index < -0.39 is 6.10 Å². The van der Waals surface area contributed by atoms with Crippen LogP contribution in [0.4, 0.5) is 4.39 Å². The molecule has 1 N–H and O–H groups in total. The molecule has 1 aromatic heterocycles. The van der Waals surface area contributed by atoms with Crippen LogP contribution in [0.2, 0.25) is 0 Å². The molecule has 1 unspecified atom stereocenters. The van der Waals surface area contributed by atoms with Crippen LogP contribution in [0.15, 0.2) is 18.2 Å². The minimum absolute atomic E-state index is 0.0538. The molecule has 1 heterocycles. The Balaban J connectivity index is 2.02. The van der Waals surface area contributed by atoms with Crippen LogP contribution in [0.3, 0.4) is 0 Å². The van der Waals surface area contributed by atoms with E-state index in [0.29, 0.717) is 0 Å². The van der Waals surface area contributed by atoms with Crippen molar-refractivity contribution in [1.82, 2.24) is 4.98 Å². The summed E-state index contributed by atoms with van der Waals surface area (Å²) in [6.45, 7) is 4.28. The van der Waals surface area contributed by atoms with Crippen LogP contribution in [0.25, 0.3) is 10.6 Å². The standard InChI is InChI=1S/C16H18FNO2S/c1-16(2)7-11-14(12(19)8-16)21-15(18-11)9-4-5-10(17)13(6-9)20-3/h4-6,12,19H,7-8H2,1-3H3. The number of aliphatic hydroxyl groups excluding tert-OH is 1.